The molecule has 0 aliphatic carbocycles. The van der Waals surface area contributed by atoms with E-state index in [9.17, 15) is 4.79 Å². The Bertz CT molecular complexity index is 1010. The van der Waals surface area contributed by atoms with Crippen molar-refractivity contribution in [2.24, 2.45) is 4.99 Å². The van der Waals surface area contributed by atoms with Crippen LogP contribution in [0.25, 0.3) is 5.70 Å². The van der Waals surface area contributed by atoms with Gasteiger partial charge in [0.25, 0.3) is 0 Å². The number of benzene rings is 2. The zero-order chi connectivity index (χ0) is 19.4. The number of carbonyl (C=O) groups excluding carboxylic acids is 1. The molecule has 0 N–H and O–H groups in total. The number of hydrogen-bond donors (Lipinski definition) is 0. The van der Waals surface area contributed by atoms with Gasteiger partial charge in [-0.25, -0.2) is 14.3 Å². The maximum atomic E-state index is 13.6. The van der Waals surface area contributed by atoms with Crippen molar-refractivity contribution in [2.75, 3.05) is 6.54 Å². The van der Waals surface area contributed by atoms with E-state index in [0.29, 0.717) is 13.0 Å². The average molecular weight is 371 g/mol. The number of aromatic nitrogens is 2. The van der Waals surface area contributed by atoms with Gasteiger partial charge in [0.2, 0.25) is 6.34 Å². The molecule has 1 aliphatic rings. The number of rotatable bonds is 5. The predicted octanol–water partition coefficient (Wildman–Crippen LogP) is 4.73. The molecule has 2 heterocycles. The van der Waals surface area contributed by atoms with Gasteiger partial charge in [-0.3, -0.25) is 0 Å². The Kier molecular flexibility index (Phi) is 5.00. The monoisotopic (exact) mass is 371 g/mol. The maximum Gasteiger partial charge on any atom is 0.439 e. The number of carbonyl (C=O) groups is 1. The molecule has 2 aromatic carbocycles. The van der Waals surface area contributed by atoms with Crippen LogP contribution in [0.4, 0.5) is 4.79 Å². The van der Waals surface area contributed by atoms with Crippen LogP contribution in [0.15, 0.2) is 90.1 Å². The molecule has 1 aromatic heterocycles. The minimum Gasteiger partial charge on any atom is -0.245 e. The summed E-state index contributed by atoms with van der Waals surface area (Å²) in [6.07, 6.45) is 8.20. The Balaban J connectivity index is 1.87. The third kappa shape index (κ3) is 3.21. The molecule has 28 heavy (non-hydrogen) atoms. The lowest BCUT2D eigenvalue weighted by Crippen LogP contribution is -2.52. The molecule has 140 valence electrons. The fourth-order valence-corrected chi connectivity index (χ4v) is 3.72. The molecule has 0 fully saturated rings. The van der Waals surface area contributed by atoms with Gasteiger partial charge in [0.1, 0.15) is 12.0 Å². The molecule has 1 unspecified atom stereocenters. The van der Waals surface area contributed by atoms with Crippen LogP contribution >= 0.6 is 0 Å². The molecular formula is C23H23N4O+. The van der Waals surface area contributed by atoms with Gasteiger partial charge in [0, 0.05) is 18.0 Å². The quantitative estimate of drug-likeness (QED) is 0.609. The first-order valence-corrected chi connectivity index (χ1v) is 9.53. The summed E-state index contributed by atoms with van der Waals surface area (Å²) in [5.74, 6) is 0. The third-order valence-electron chi connectivity index (χ3n) is 5.04. The number of allylic oxidation sites excluding steroid dienone is 1. The molecule has 1 atom stereocenters. The van der Waals surface area contributed by atoms with Crippen molar-refractivity contribution >= 4 is 18.1 Å². The van der Waals surface area contributed by atoms with E-state index in [2.05, 4.69) is 24.0 Å². The molecule has 0 bridgehead atoms. The van der Waals surface area contributed by atoms with E-state index in [1.54, 1.807) is 29.6 Å². The standard InChI is InChI=1S/C23H23N4O/c1-2-15-27(23(28)26-14-13-24-17-26)18-25-22(20-11-7-4-8-12-20)21(27)16-19-9-5-3-6-10-19/h3-14,17-18H,2,15-16H2,1H3/q+1. The van der Waals surface area contributed by atoms with Crippen LogP contribution in [0.2, 0.25) is 0 Å². The molecule has 0 spiro atoms. The lowest BCUT2D eigenvalue weighted by atomic mass is 10.0. The third-order valence-corrected chi connectivity index (χ3v) is 5.04. The molecule has 1 amide bonds. The second kappa shape index (κ2) is 7.74. The summed E-state index contributed by atoms with van der Waals surface area (Å²) in [5, 5.41) is 0. The van der Waals surface area contributed by atoms with E-state index in [1.165, 1.54) is 0 Å². The van der Waals surface area contributed by atoms with Crippen LogP contribution in [0, 0.1) is 0 Å². The fourth-order valence-electron chi connectivity index (χ4n) is 3.72. The predicted molar refractivity (Wildman–Crippen MR) is 110 cm³/mol. The molecule has 0 radical (unpaired) electrons. The number of imidazole rings is 1. The molecule has 4 rings (SSSR count). The van der Waals surface area contributed by atoms with Gasteiger partial charge in [-0.1, -0.05) is 67.6 Å². The summed E-state index contributed by atoms with van der Waals surface area (Å²) in [7, 11) is 0. The van der Waals surface area contributed by atoms with E-state index < -0.39 is 0 Å². The van der Waals surface area contributed by atoms with Crippen molar-refractivity contribution in [3.63, 3.8) is 0 Å². The second-order valence-electron chi connectivity index (χ2n) is 6.91. The summed E-state index contributed by atoms with van der Waals surface area (Å²) in [4.78, 5) is 22.4. The van der Waals surface area contributed by atoms with Gasteiger partial charge in [-0.15, -0.1) is 0 Å². The minimum atomic E-state index is -0.0556. The van der Waals surface area contributed by atoms with Crippen molar-refractivity contribution in [2.45, 2.75) is 19.8 Å². The first-order chi connectivity index (χ1) is 13.7. The molecular weight excluding hydrogens is 348 g/mol. The lowest BCUT2D eigenvalue weighted by Gasteiger charge is -2.29. The Hall–Kier alpha value is -3.31. The zero-order valence-corrected chi connectivity index (χ0v) is 15.9. The number of amides is 1. The van der Waals surface area contributed by atoms with Gasteiger partial charge in [0.15, 0.2) is 5.70 Å². The Morgan fingerprint density at radius 1 is 1.04 bits per heavy atom. The normalized spacial score (nSPS) is 18.6. The first kappa shape index (κ1) is 18.1. The van der Waals surface area contributed by atoms with Crippen molar-refractivity contribution < 1.29 is 9.28 Å². The first-order valence-electron chi connectivity index (χ1n) is 9.53. The molecule has 1 aliphatic heterocycles. The number of aliphatic imine (C=N–C) groups is 1. The lowest BCUT2D eigenvalue weighted by molar-refractivity contribution is -0.707. The zero-order valence-electron chi connectivity index (χ0n) is 15.9. The highest BCUT2D eigenvalue weighted by Crippen LogP contribution is 2.36. The summed E-state index contributed by atoms with van der Waals surface area (Å²) >= 11 is 0. The van der Waals surface area contributed by atoms with Crippen LogP contribution in [0.5, 0.6) is 0 Å². The topological polar surface area (TPSA) is 47.2 Å². The van der Waals surface area contributed by atoms with E-state index in [-0.39, 0.29) is 10.5 Å². The maximum absolute atomic E-state index is 13.6. The van der Waals surface area contributed by atoms with E-state index >= 15 is 0 Å². The highest BCUT2D eigenvalue weighted by Gasteiger charge is 2.46. The SMILES string of the molecule is CCC[N+]1(C(=O)n2ccnc2)C=NC(c2ccccc2)=C1Cc1ccccc1. The summed E-state index contributed by atoms with van der Waals surface area (Å²) in [6, 6.07) is 20.3. The van der Waals surface area contributed by atoms with Gasteiger partial charge < -0.3 is 0 Å². The van der Waals surface area contributed by atoms with Crippen molar-refractivity contribution in [3.05, 3.63) is 96.2 Å². The van der Waals surface area contributed by atoms with Crippen LogP contribution in [0.3, 0.4) is 0 Å². The van der Waals surface area contributed by atoms with Crippen molar-refractivity contribution in [3.8, 4) is 0 Å². The summed E-state index contributed by atoms with van der Waals surface area (Å²) < 4.78 is 1.65. The summed E-state index contributed by atoms with van der Waals surface area (Å²) in [6.45, 7) is 2.74. The van der Waals surface area contributed by atoms with Crippen LogP contribution < -0.4 is 0 Å². The van der Waals surface area contributed by atoms with Crippen molar-refractivity contribution in [1.29, 1.82) is 0 Å². The molecule has 3 aromatic rings. The van der Waals surface area contributed by atoms with E-state index in [1.807, 2.05) is 48.5 Å². The Morgan fingerprint density at radius 2 is 1.75 bits per heavy atom. The van der Waals surface area contributed by atoms with Gasteiger partial charge in [-0.05, 0) is 12.0 Å². The van der Waals surface area contributed by atoms with Crippen LogP contribution in [-0.4, -0.2) is 32.9 Å². The van der Waals surface area contributed by atoms with Crippen LogP contribution in [0.1, 0.15) is 24.5 Å². The average Bonchev–Trinajstić information content (AvgIpc) is 3.39. The van der Waals surface area contributed by atoms with Crippen LogP contribution in [-0.2, 0) is 6.42 Å². The summed E-state index contributed by atoms with van der Waals surface area (Å²) in [5.41, 5.74) is 4.07. The number of nitrogens with zero attached hydrogens (tertiary/aromatic N) is 4. The molecule has 5 heteroatoms. The highest BCUT2D eigenvalue weighted by atomic mass is 16.2. The number of quaternary nitrogens is 1. The van der Waals surface area contributed by atoms with E-state index in [4.69, 9.17) is 4.99 Å². The van der Waals surface area contributed by atoms with Crippen molar-refractivity contribution in [1.82, 2.24) is 9.55 Å². The fraction of sp³-hybridized carbons (Fsp3) is 0.174. The Labute approximate surface area is 164 Å². The smallest absolute Gasteiger partial charge is 0.245 e. The van der Waals surface area contributed by atoms with Gasteiger partial charge in [-0.2, -0.15) is 9.48 Å². The molecule has 5 nitrogen and oxygen atoms in total. The molecule has 0 saturated carbocycles. The second-order valence-corrected chi connectivity index (χ2v) is 6.91. The van der Waals surface area contributed by atoms with Gasteiger partial charge in [0.05, 0.1) is 13.0 Å². The highest BCUT2D eigenvalue weighted by molar-refractivity contribution is 5.87. The van der Waals surface area contributed by atoms with E-state index in [0.717, 1.165) is 28.9 Å². The largest absolute Gasteiger partial charge is 0.439 e. The minimum absolute atomic E-state index is 0.0556. The van der Waals surface area contributed by atoms with Gasteiger partial charge >= 0.3 is 6.03 Å². The molecule has 0 saturated heterocycles. The Morgan fingerprint density at radius 3 is 2.39 bits per heavy atom. The number of hydrogen-bond acceptors (Lipinski definition) is 3.